The van der Waals surface area contributed by atoms with Crippen molar-refractivity contribution in [1.82, 2.24) is 24.7 Å². The van der Waals surface area contributed by atoms with Gasteiger partial charge in [0.15, 0.2) is 0 Å². The van der Waals surface area contributed by atoms with Crippen LogP contribution in [0.15, 0.2) is 48.8 Å². The fourth-order valence-electron chi connectivity index (χ4n) is 5.55. The van der Waals surface area contributed by atoms with Crippen LogP contribution in [-0.2, 0) is 4.79 Å². The second-order valence-corrected chi connectivity index (χ2v) is 10.6. The number of carbonyl (C=O) groups excluding carboxylic acids is 1. The van der Waals surface area contributed by atoms with Gasteiger partial charge >= 0.3 is 0 Å². The number of nitrogens with one attached hydrogen (secondary N) is 1. The lowest BCUT2D eigenvalue weighted by atomic mass is 10.00. The third kappa shape index (κ3) is 4.55. The van der Waals surface area contributed by atoms with E-state index in [-0.39, 0.29) is 0 Å². The number of benzene rings is 1. The van der Waals surface area contributed by atoms with Gasteiger partial charge in [-0.15, -0.1) is 0 Å². The molecular weight excluding hydrogens is 436 g/mol. The van der Waals surface area contributed by atoms with E-state index >= 15 is 0 Å². The Morgan fingerprint density at radius 2 is 1.77 bits per heavy atom. The van der Waals surface area contributed by atoms with Gasteiger partial charge in [-0.25, -0.2) is 4.52 Å². The van der Waals surface area contributed by atoms with Crippen LogP contribution in [0.5, 0.6) is 0 Å². The molecule has 1 unspecified atom stereocenters. The molecule has 35 heavy (non-hydrogen) atoms. The third-order valence-electron chi connectivity index (χ3n) is 7.93. The number of anilines is 1. The van der Waals surface area contributed by atoms with Crippen LogP contribution in [0.4, 0.5) is 5.69 Å². The maximum atomic E-state index is 12.4. The zero-order valence-electron chi connectivity index (χ0n) is 20.9. The summed E-state index contributed by atoms with van der Waals surface area (Å²) in [5, 5.41) is 8.26. The number of carbonyl (C=O) groups is 1. The van der Waals surface area contributed by atoms with Gasteiger partial charge in [0, 0.05) is 81.8 Å². The van der Waals surface area contributed by atoms with E-state index < -0.39 is 0 Å². The highest BCUT2D eigenvalue weighted by atomic mass is 16.2. The van der Waals surface area contributed by atoms with E-state index in [0.717, 1.165) is 64.2 Å². The Kier molecular flexibility index (Phi) is 5.98. The number of hydrogen-bond acceptors (Lipinski definition) is 5. The second-order valence-electron chi connectivity index (χ2n) is 10.6. The predicted octanol–water partition coefficient (Wildman–Crippen LogP) is 3.41. The lowest BCUT2D eigenvalue weighted by Gasteiger charge is -2.36. The van der Waals surface area contributed by atoms with Gasteiger partial charge in [-0.05, 0) is 49.9 Å². The number of amides is 1. The Bertz CT molecular complexity index is 1190. The number of rotatable bonds is 5. The van der Waals surface area contributed by atoms with Gasteiger partial charge in [0.1, 0.15) is 0 Å². The Morgan fingerprint density at radius 3 is 2.49 bits per heavy atom. The van der Waals surface area contributed by atoms with Crippen LogP contribution in [0, 0.1) is 5.92 Å². The number of piperazine rings is 2. The standard InChI is InChI=1S/C28H36N6O/c1-20(2)33-12-11-29-25(19-33)22-5-3-21(4-6-22)24-17-27-26(9-10-30-34(27)18-24)31-13-15-32(16-14-31)28(35)23-7-8-23/h3-6,9-10,17-18,20,23,25,29H,7-8,11-16,19H2,1-2H3. The van der Waals surface area contributed by atoms with Gasteiger partial charge in [-0.2, -0.15) is 5.10 Å². The average molecular weight is 473 g/mol. The highest BCUT2D eigenvalue weighted by molar-refractivity contribution is 5.82. The molecule has 3 fully saturated rings. The van der Waals surface area contributed by atoms with Crippen LogP contribution in [0.2, 0.25) is 0 Å². The first-order valence-corrected chi connectivity index (χ1v) is 13.2. The van der Waals surface area contributed by atoms with E-state index in [1.165, 1.54) is 22.4 Å². The number of nitrogens with zero attached hydrogens (tertiary/aromatic N) is 5. The van der Waals surface area contributed by atoms with Gasteiger partial charge in [0.05, 0.1) is 11.2 Å². The summed E-state index contributed by atoms with van der Waals surface area (Å²) in [6.45, 7) is 11.1. The molecule has 1 N–H and O–H groups in total. The summed E-state index contributed by atoms with van der Waals surface area (Å²) in [5.41, 5.74) is 6.05. The SMILES string of the molecule is CC(C)N1CCNC(c2ccc(-c3cc4c(N5CCN(C(=O)C6CC6)CC5)ccnn4c3)cc2)C1. The summed E-state index contributed by atoms with van der Waals surface area (Å²) >= 11 is 0. The Balaban J connectivity index is 1.18. The summed E-state index contributed by atoms with van der Waals surface area (Å²) in [7, 11) is 0. The molecule has 3 aromatic rings. The maximum Gasteiger partial charge on any atom is 0.225 e. The van der Waals surface area contributed by atoms with E-state index in [1.54, 1.807) is 0 Å². The quantitative estimate of drug-likeness (QED) is 0.617. The van der Waals surface area contributed by atoms with Crippen LogP contribution in [-0.4, -0.2) is 77.2 Å². The molecule has 2 aromatic heterocycles. The Hall–Kier alpha value is -2.90. The minimum atomic E-state index is 0.303. The van der Waals surface area contributed by atoms with Gasteiger partial charge in [-0.3, -0.25) is 9.69 Å². The van der Waals surface area contributed by atoms with E-state index in [2.05, 4.69) is 81.6 Å². The molecule has 0 spiro atoms. The average Bonchev–Trinajstić information content (AvgIpc) is 3.66. The van der Waals surface area contributed by atoms with Crippen molar-refractivity contribution in [1.29, 1.82) is 0 Å². The molecule has 3 aliphatic rings. The molecule has 1 aromatic carbocycles. The number of fused-ring (bicyclic) bond motifs is 1. The molecule has 184 valence electrons. The molecule has 4 heterocycles. The molecule has 2 saturated heterocycles. The second kappa shape index (κ2) is 9.28. The molecule has 1 atom stereocenters. The van der Waals surface area contributed by atoms with E-state index in [9.17, 15) is 4.79 Å². The first kappa shape index (κ1) is 22.6. The van der Waals surface area contributed by atoms with Crippen molar-refractivity contribution in [2.75, 3.05) is 50.7 Å². The van der Waals surface area contributed by atoms with Crippen molar-refractivity contribution < 1.29 is 4.79 Å². The molecule has 7 heteroatoms. The number of hydrogen-bond donors (Lipinski definition) is 1. The third-order valence-corrected chi connectivity index (χ3v) is 7.93. The maximum absolute atomic E-state index is 12.4. The topological polar surface area (TPSA) is 56.1 Å². The first-order valence-electron chi connectivity index (χ1n) is 13.2. The molecule has 7 nitrogen and oxygen atoms in total. The minimum absolute atomic E-state index is 0.303. The zero-order chi connectivity index (χ0) is 23.9. The van der Waals surface area contributed by atoms with Crippen LogP contribution in [0.3, 0.4) is 0 Å². The fourth-order valence-corrected chi connectivity index (χ4v) is 5.55. The summed E-state index contributed by atoms with van der Waals surface area (Å²) in [6.07, 6.45) is 6.16. The zero-order valence-corrected chi connectivity index (χ0v) is 20.9. The molecule has 2 aliphatic heterocycles. The minimum Gasteiger partial charge on any atom is -0.366 e. The smallest absolute Gasteiger partial charge is 0.225 e. The van der Waals surface area contributed by atoms with E-state index in [0.29, 0.717) is 23.9 Å². The van der Waals surface area contributed by atoms with Crippen molar-refractivity contribution in [2.45, 2.75) is 38.8 Å². The van der Waals surface area contributed by atoms with Crippen molar-refractivity contribution in [3.63, 3.8) is 0 Å². The number of aromatic nitrogens is 2. The molecule has 0 radical (unpaired) electrons. The molecular formula is C28H36N6O. The lowest BCUT2D eigenvalue weighted by Crippen LogP contribution is -2.49. The summed E-state index contributed by atoms with van der Waals surface area (Å²) < 4.78 is 1.99. The monoisotopic (exact) mass is 472 g/mol. The van der Waals surface area contributed by atoms with Gasteiger partial charge in [0.2, 0.25) is 5.91 Å². The Labute approximate surface area is 207 Å². The van der Waals surface area contributed by atoms with Crippen LogP contribution >= 0.6 is 0 Å². The van der Waals surface area contributed by atoms with Crippen LogP contribution < -0.4 is 10.2 Å². The van der Waals surface area contributed by atoms with E-state index in [1.807, 2.05) is 10.7 Å². The molecule has 1 aliphatic carbocycles. The summed E-state index contributed by atoms with van der Waals surface area (Å²) in [6, 6.07) is 14.3. The highest BCUT2D eigenvalue weighted by Gasteiger charge is 2.34. The summed E-state index contributed by atoms with van der Waals surface area (Å²) in [5.74, 6) is 0.662. The summed E-state index contributed by atoms with van der Waals surface area (Å²) in [4.78, 5) is 19.4. The fraction of sp³-hybridized carbons (Fsp3) is 0.500. The van der Waals surface area contributed by atoms with Crippen LogP contribution in [0.25, 0.3) is 16.6 Å². The molecule has 0 bridgehead atoms. The van der Waals surface area contributed by atoms with Crippen molar-refractivity contribution in [2.24, 2.45) is 5.92 Å². The molecule has 1 amide bonds. The van der Waals surface area contributed by atoms with Gasteiger partial charge in [0.25, 0.3) is 0 Å². The van der Waals surface area contributed by atoms with Gasteiger partial charge in [-0.1, -0.05) is 24.3 Å². The first-order chi connectivity index (χ1) is 17.1. The molecule has 1 saturated carbocycles. The van der Waals surface area contributed by atoms with Crippen LogP contribution in [0.1, 0.15) is 38.3 Å². The van der Waals surface area contributed by atoms with Gasteiger partial charge < -0.3 is 15.1 Å². The van der Waals surface area contributed by atoms with Crippen molar-refractivity contribution in [3.05, 3.63) is 54.4 Å². The predicted molar refractivity (Wildman–Crippen MR) is 140 cm³/mol. The Morgan fingerprint density at radius 1 is 1.00 bits per heavy atom. The molecule has 6 rings (SSSR count). The largest absolute Gasteiger partial charge is 0.366 e. The normalized spacial score (nSPS) is 21.7. The highest BCUT2D eigenvalue weighted by Crippen LogP contribution is 2.33. The lowest BCUT2D eigenvalue weighted by molar-refractivity contribution is -0.132. The van der Waals surface area contributed by atoms with E-state index in [4.69, 9.17) is 0 Å². The van der Waals surface area contributed by atoms with Crippen molar-refractivity contribution in [3.8, 4) is 11.1 Å². The van der Waals surface area contributed by atoms with Crippen molar-refractivity contribution >= 4 is 17.1 Å².